The van der Waals surface area contributed by atoms with Gasteiger partial charge in [0.2, 0.25) is 0 Å². The SMILES string of the molecule is CCCC[S+]1CCCCC1.[I-]. The van der Waals surface area contributed by atoms with Gasteiger partial charge < -0.3 is 24.0 Å². The van der Waals surface area contributed by atoms with Crippen LogP contribution >= 0.6 is 0 Å². The minimum atomic E-state index is 0. The monoisotopic (exact) mass is 286 g/mol. The fourth-order valence-electron chi connectivity index (χ4n) is 1.44. The molecule has 1 saturated heterocycles. The minimum absolute atomic E-state index is 0. The van der Waals surface area contributed by atoms with Gasteiger partial charge in [0, 0.05) is 0 Å². The van der Waals surface area contributed by atoms with Crippen molar-refractivity contribution in [3.8, 4) is 0 Å². The lowest BCUT2D eigenvalue weighted by Gasteiger charge is -2.12. The van der Waals surface area contributed by atoms with E-state index >= 15 is 0 Å². The van der Waals surface area contributed by atoms with Gasteiger partial charge in [-0.1, -0.05) is 13.3 Å². The van der Waals surface area contributed by atoms with Gasteiger partial charge in [0.15, 0.2) is 0 Å². The number of hydrogen-bond donors (Lipinski definition) is 0. The molecule has 1 heterocycles. The summed E-state index contributed by atoms with van der Waals surface area (Å²) in [7, 11) is 0.855. The van der Waals surface area contributed by atoms with Crippen LogP contribution in [0.3, 0.4) is 0 Å². The van der Waals surface area contributed by atoms with E-state index < -0.39 is 0 Å². The van der Waals surface area contributed by atoms with Crippen molar-refractivity contribution in [3.63, 3.8) is 0 Å². The van der Waals surface area contributed by atoms with Crippen molar-refractivity contribution in [3.05, 3.63) is 0 Å². The van der Waals surface area contributed by atoms with Crippen LogP contribution in [0.2, 0.25) is 0 Å². The van der Waals surface area contributed by atoms with E-state index in [0.717, 1.165) is 10.9 Å². The quantitative estimate of drug-likeness (QED) is 0.489. The maximum Gasteiger partial charge on any atom is 0.108 e. The van der Waals surface area contributed by atoms with Crippen molar-refractivity contribution in [2.45, 2.75) is 39.0 Å². The molecule has 68 valence electrons. The highest BCUT2D eigenvalue weighted by Gasteiger charge is 2.19. The summed E-state index contributed by atoms with van der Waals surface area (Å²) in [6.45, 7) is 2.30. The van der Waals surface area contributed by atoms with Gasteiger partial charge in [0.25, 0.3) is 0 Å². The third-order valence-electron chi connectivity index (χ3n) is 2.15. The molecule has 0 amide bonds. The van der Waals surface area contributed by atoms with Gasteiger partial charge in [-0.05, 0) is 36.6 Å². The van der Waals surface area contributed by atoms with Crippen molar-refractivity contribution in [2.24, 2.45) is 0 Å². The second-order valence-electron chi connectivity index (χ2n) is 3.14. The molecule has 0 saturated carbocycles. The first kappa shape index (κ1) is 12.1. The molecule has 0 aromatic carbocycles. The molecule has 1 aliphatic rings. The average molecular weight is 286 g/mol. The lowest BCUT2D eigenvalue weighted by molar-refractivity contribution is -0.00000222. The first-order chi connectivity index (χ1) is 4.93. The van der Waals surface area contributed by atoms with Gasteiger partial charge in [-0.3, -0.25) is 0 Å². The smallest absolute Gasteiger partial charge is 0.108 e. The van der Waals surface area contributed by atoms with Gasteiger partial charge in [-0.2, -0.15) is 0 Å². The molecule has 0 spiro atoms. The molecule has 1 aliphatic heterocycles. The molecular formula is C9H19IS. The van der Waals surface area contributed by atoms with Crippen LogP contribution in [0.5, 0.6) is 0 Å². The molecule has 1 rings (SSSR count). The summed E-state index contributed by atoms with van der Waals surface area (Å²) >= 11 is 0. The highest BCUT2D eigenvalue weighted by Crippen LogP contribution is 2.14. The summed E-state index contributed by atoms with van der Waals surface area (Å²) in [4.78, 5) is 0. The highest BCUT2D eigenvalue weighted by molar-refractivity contribution is 7.96. The van der Waals surface area contributed by atoms with E-state index in [1.54, 1.807) is 11.5 Å². The van der Waals surface area contributed by atoms with Crippen molar-refractivity contribution in [1.82, 2.24) is 0 Å². The van der Waals surface area contributed by atoms with Crippen LogP contribution in [0.4, 0.5) is 0 Å². The molecule has 0 aromatic heterocycles. The van der Waals surface area contributed by atoms with E-state index in [4.69, 9.17) is 0 Å². The zero-order valence-electron chi connectivity index (χ0n) is 7.44. The van der Waals surface area contributed by atoms with Crippen LogP contribution in [0.1, 0.15) is 39.0 Å². The Bertz CT molecular complexity index is 79.6. The van der Waals surface area contributed by atoms with Gasteiger partial charge in [0.05, 0.1) is 0 Å². The van der Waals surface area contributed by atoms with Gasteiger partial charge in [-0.15, -0.1) is 0 Å². The molecule has 0 atom stereocenters. The van der Waals surface area contributed by atoms with Crippen molar-refractivity contribution >= 4 is 10.9 Å². The molecule has 11 heavy (non-hydrogen) atoms. The fraction of sp³-hybridized carbons (Fsp3) is 1.00. The van der Waals surface area contributed by atoms with Crippen molar-refractivity contribution in [2.75, 3.05) is 17.3 Å². The topological polar surface area (TPSA) is 0 Å². The van der Waals surface area contributed by atoms with Crippen LogP contribution in [0.15, 0.2) is 0 Å². The Balaban J connectivity index is 0.000001000. The molecule has 0 aromatic rings. The number of hydrogen-bond acceptors (Lipinski definition) is 0. The molecular weight excluding hydrogens is 267 g/mol. The largest absolute Gasteiger partial charge is 1.00 e. The number of halogens is 1. The molecule has 0 radical (unpaired) electrons. The lowest BCUT2D eigenvalue weighted by atomic mass is 10.3. The molecule has 0 unspecified atom stereocenters. The summed E-state index contributed by atoms with van der Waals surface area (Å²) in [6.07, 6.45) is 7.42. The van der Waals surface area contributed by atoms with E-state index in [0.29, 0.717) is 0 Å². The number of rotatable bonds is 3. The summed E-state index contributed by atoms with van der Waals surface area (Å²) in [5.41, 5.74) is 0. The summed E-state index contributed by atoms with van der Waals surface area (Å²) in [6, 6.07) is 0. The summed E-state index contributed by atoms with van der Waals surface area (Å²) in [5, 5.41) is 0. The van der Waals surface area contributed by atoms with E-state index in [9.17, 15) is 0 Å². The maximum atomic E-state index is 2.30. The Hall–Kier alpha value is 1.08. The summed E-state index contributed by atoms with van der Waals surface area (Å²) in [5.74, 6) is 4.65. The van der Waals surface area contributed by atoms with Gasteiger partial charge in [-0.25, -0.2) is 0 Å². The zero-order valence-corrected chi connectivity index (χ0v) is 10.4. The van der Waals surface area contributed by atoms with Crippen LogP contribution in [0.25, 0.3) is 0 Å². The molecule has 0 bridgehead atoms. The first-order valence-corrected chi connectivity index (χ1v) is 6.31. The second kappa shape index (κ2) is 7.71. The van der Waals surface area contributed by atoms with E-state index in [-0.39, 0.29) is 24.0 Å². The number of unbranched alkanes of at least 4 members (excludes halogenated alkanes) is 1. The molecule has 2 heteroatoms. The van der Waals surface area contributed by atoms with E-state index in [1.165, 1.54) is 37.9 Å². The predicted molar refractivity (Wildman–Crippen MR) is 50.7 cm³/mol. The second-order valence-corrected chi connectivity index (χ2v) is 5.59. The lowest BCUT2D eigenvalue weighted by Crippen LogP contribution is -3.00. The van der Waals surface area contributed by atoms with Crippen molar-refractivity contribution in [1.29, 1.82) is 0 Å². The average Bonchev–Trinajstić information content (AvgIpc) is 2.03. The molecule has 0 aliphatic carbocycles. The predicted octanol–water partition coefficient (Wildman–Crippen LogP) is -0.407. The third kappa shape index (κ3) is 5.34. The van der Waals surface area contributed by atoms with Crippen LogP contribution in [-0.4, -0.2) is 17.3 Å². The zero-order chi connectivity index (χ0) is 7.23. The molecule has 0 nitrogen and oxygen atoms in total. The Morgan fingerprint density at radius 3 is 2.27 bits per heavy atom. The normalized spacial score (nSPS) is 19.4. The highest BCUT2D eigenvalue weighted by atomic mass is 127. The first-order valence-electron chi connectivity index (χ1n) is 4.57. The summed E-state index contributed by atoms with van der Waals surface area (Å²) < 4.78 is 0. The standard InChI is InChI=1S/C9H19S.HI/c1-2-3-7-10-8-5-4-6-9-10;/h2-9H2,1H3;1H/q+1;/p-1. The van der Waals surface area contributed by atoms with E-state index in [1.807, 2.05) is 0 Å². The van der Waals surface area contributed by atoms with Gasteiger partial charge in [0.1, 0.15) is 17.3 Å². The third-order valence-corrected chi connectivity index (χ3v) is 4.75. The Morgan fingerprint density at radius 2 is 1.73 bits per heavy atom. The van der Waals surface area contributed by atoms with Crippen LogP contribution in [-0.2, 0) is 10.9 Å². The van der Waals surface area contributed by atoms with Crippen LogP contribution < -0.4 is 24.0 Å². The maximum absolute atomic E-state index is 2.30. The van der Waals surface area contributed by atoms with Crippen LogP contribution in [0, 0.1) is 0 Å². The van der Waals surface area contributed by atoms with Crippen molar-refractivity contribution < 1.29 is 24.0 Å². The Labute approximate surface area is 90.9 Å². The Morgan fingerprint density at radius 1 is 1.09 bits per heavy atom. The van der Waals surface area contributed by atoms with Gasteiger partial charge >= 0.3 is 0 Å². The molecule has 0 N–H and O–H groups in total. The minimum Gasteiger partial charge on any atom is -1.00 e. The Kier molecular flexibility index (Phi) is 8.47. The van der Waals surface area contributed by atoms with E-state index in [2.05, 4.69) is 6.92 Å². The fourth-order valence-corrected chi connectivity index (χ4v) is 3.98. The molecule has 1 fully saturated rings.